The number of fused-ring (bicyclic) bond motifs is 1. The monoisotopic (exact) mass is 495 g/mol. The molecule has 0 aliphatic rings. The number of anilines is 1. The number of methoxy groups -OCH3 is 1. The zero-order valence-corrected chi connectivity index (χ0v) is 20.3. The Morgan fingerprint density at radius 2 is 1.76 bits per heavy atom. The first-order chi connectivity index (χ1) is 16.3. The quantitative estimate of drug-likeness (QED) is 0.378. The predicted octanol–water partition coefficient (Wildman–Crippen LogP) is 4.59. The zero-order chi connectivity index (χ0) is 24.2. The molecule has 0 aliphatic heterocycles. The number of ether oxygens (including phenoxy) is 2. The first-order valence-electron chi connectivity index (χ1n) is 10.3. The first kappa shape index (κ1) is 23.5. The van der Waals surface area contributed by atoms with Crippen LogP contribution in [0.3, 0.4) is 0 Å². The number of carbonyl (C=O) groups is 1. The molecule has 174 valence electrons. The van der Waals surface area contributed by atoms with Gasteiger partial charge >= 0.3 is 0 Å². The van der Waals surface area contributed by atoms with Crippen molar-refractivity contribution in [3.05, 3.63) is 70.7 Å². The largest absolute Gasteiger partial charge is 0.495 e. The van der Waals surface area contributed by atoms with Crippen molar-refractivity contribution >= 4 is 51.6 Å². The van der Waals surface area contributed by atoms with Gasteiger partial charge in [0.15, 0.2) is 11.7 Å². The summed E-state index contributed by atoms with van der Waals surface area (Å²) in [6, 6.07) is 16.5. The summed E-state index contributed by atoms with van der Waals surface area (Å²) < 4.78 is 10.8. The van der Waals surface area contributed by atoms with Crippen molar-refractivity contribution < 1.29 is 14.3 Å². The Kier molecular flexibility index (Phi) is 6.95. The minimum Gasteiger partial charge on any atom is -0.495 e. The lowest BCUT2D eigenvalue weighted by Crippen LogP contribution is -2.37. The third kappa shape index (κ3) is 5.27. The van der Waals surface area contributed by atoms with Crippen LogP contribution in [0.5, 0.6) is 11.5 Å². The SMILES string of the molecule is COc1ccc(-n2nc3cc(C)c(NC(=S)NC(=O)COc4ccccc4C)cc3n2)cc1Cl. The molecule has 2 N–H and O–H groups in total. The maximum Gasteiger partial charge on any atom is 0.264 e. The van der Waals surface area contributed by atoms with E-state index >= 15 is 0 Å². The molecule has 0 fully saturated rings. The van der Waals surface area contributed by atoms with Crippen LogP contribution in [0.2, 0.25) is 5.02 Å². The van der Waals surface area contributed by atoms with Crippen molar-refractivity contribution in [2.75, 3.05) is 19.0 Å². The van der Waals surface area contributed by atoms with Crippen molar-refractivity contribution in [2.45, 2.75) is 13.8 Å². The highest BCUT2D eigenvalue weighted by molar-refractivity contribution is 7.80. The number of amides is 1. The molecule has 0 saturated carbocycles. The number of nitrogens with zero attached hydrogens (tertiary/aromatic N) is 3. The Balaban J connectivity index is 1.44. The van der Waals surface area contributed by atoms with Gasteiger partial charge in [-0.15, -0.1) is 10.2 Å². The van der Waals surface area contributed by atoms with E-state index in [9.17, 15) is 4.79 Å². The number of nitrogens with one attached hydrogen (secondary N) is 2. The van der Waals surface area contributed by atoms with E-state index in [1.54, 1.807) is 19.2 Å². The van der Waals surface area contributed by atoms with E-state index in [0.29, 0.717) is 38.9 Å². The van der Waals surface area contributed by atoms with Gasteiger partial charge in [-0.1, -0.05) is 29.8 Å². The van der Waals surface area contributed by atoms with Gasteiger partial charge in [0.05, 0.1) is 17.8 Å². The van der Waals surface area contributed by atoms with E-state index in [2.05, 4.69) is 20.8 Å². The van der Waals surface area contributed by atoms with Gasteiger partial charge < -0.3 is 14.8 Å². The molecule has 1 aromatic heterocycles. The Morgan fingerprint density at radius 3 is 2.47 bits per heavy atom. The molecule has 34 heavy (non-hydrogen) atoms. The second-order valence-corrected chi connectivity index (χ2v) is 8.34. The molecule has 0 saturated heterocycles. The molecule has 0 unspecified atom stereocenters. The lowest BCUT2D eigenvalue weighted by molar-refractivity contribution is -0.121. The second-order valence-electron chi connectivity index (χ2n) is 7.52. The lowest BCUT2D eigenvalue weighted by atomic mass is 10.2. The van der Waals surface area contributed by atoms with Crippen LogP contribution < -0.4 is 20.1 Å². The van der Waals surface area contributed by atoms with Crippen LogP contribution in [-0.4, -0.2) is 39.7 Å². The molecular formula is C24H22ClN5O3S. The fraction of sp³-hybridized carbons (Fsp3) is 0.167. The molecule has 0 atom stereocenters. The van der Waals surface area contributed by atoms with Crippen LogP contribution in [0, 0.1) is 13.8 Å². The summed E-state index contributed by atoms with van der Waals surface area (Å²) in [4.78, 5) is 13.8. The topological polar surface area (TPSA) is 90.3 Å². The first-order valence-corrected chi connectivity index (χ1v) is 11.1. The van der Waals surface area contributed by atoms with E-state index in [-0.39, 0.29) is 17.6 Å². The van der Waals surface area contributed by atoms with Gasteiger partial charge in [0.1, 0.15) is 22.5 Å². The van der Waals surface area contributed by atoms with Crippen molar-refractivity contribution in [1.82, 2.24) is 20.3 Å². The van der Waals surface area contributed by atoms with Crippen LogP contribution >= 0.6 is 23.8 Å². The number of hydrogen-bond acceptors (Lipinski definition) is 6. The highest BCUT2D eigenvalue weighted by Gasteiger charge is 2.12. The van der Waals surface area contributed by atoms with Crippen LogP contribution in [0.1, 0.15) is 11.1 Å². The summed E-state index contributed by atoms with van der Waals surface area (Å²) in [6.45, 7) is 3.68. The summed E-state index contributed by atoms with van der Waals surface area (Å²) in [5.41, 5.74) is 4.60. The van der Waals surface area contributed by atoms with Gasteiger partial charge in [-0.3, -0.25) is 10.1 Å². The van der Waals surface area contributed by atoms with Crippen molar-refractivity contribution in [3.63, 3.8) is 0 Å². The highest BCUT2D eigenvalue weighted by atomic mass is 35.5. The molecule has 0 spiro atoms. The summed E-state index contributed by atoms with van der Waals surface area (Å²) in [5, 5.41) is 15.4. The minimum atomic E-state index is -0.359. The molecule has 0 bridgehead atoms. The fourth-order valence-electron chi connectivity index (χ4n) is 3.28. The van der Waals surface area contributed by atoms with Crippen molar-refractivity contribution in [2.24, 2.45) is 0 Å². The number of aryl methyl sites for hydroxylation is 2. The average molecular weight is 496 g/mol. The lowest BCUT2D eigenvalue weighted by Gasteiger charge is -2.12. The number of aromatic nitrogens is 3. The number of hydrogen-bond donors (Lipinski definition) is 2. The molecule has 4 aromatic rings. The van der Waals surface area contributed by atoms with E-state index in [1.165, 1.54) is 4.80 Å². The fourth-order valence-corrected chi connectivity index (χ4v) is 3.75. The number of benzene rings is 3. The number of halogens is 1. The van der Waals surface area contributed by atoms with Crippen LogP contribution in [-0.2, 0) is 4.79 Å². The molecule has 1 heterocycles. The summed E-state index contributed by atoms with van der Waals surface area (Å²) in [5.74, 6) is 0.866. The minimum absolute atomic E-state index is 0.149. The van der Waals surface area contributed by atoms with Gasteiger partial charge in [-0.25, -0.2) is 0 Å². The molecule has 8 nitrogen and oxygen atoms in total. The van der Waals surface area contributed by atoms with Gasteiger partial charge in [-0.2, -0.15) is 4.80 Å². The summed E-state index contributed by atoms with van der Waals surface area (Å²) >= 11 is 11.5. The molecule has 10 heteroatoms. The van der Waals surface area contributed by atoms with Crippen LogP contribution in [0.15, 0.2) is 54.6 Å². The second kappa shape index (κ2) is 10.1. The Bertz CT molecular complexity index is 1390. The maximum atomic E-state index is 12.3. The smallest absolute Gasteiger partial charge is 0.264 e. The van der Waals surface area contributed by atoms with Crippen LogP contribution in [0.25, 0.3) is 16.7 Å². The maximum absolute atomic E-state index is 12.3. The molecular weight excluding hydrogens is 474 g/mol. The Labute approximate surface area is 206 Å². The normalized spacial score (nSPS) is 10.7. The number of rotatable bonds is 6. The van der Waals surface area contributed by atoms with Crippen molar-refractivity contribution in [1.29, 1.82) is 0 Å². The van der Waals surface area contributed by atoms with E-state index in [0.717, 1.165) is 11.1 Å². The standard InChI is InChI=1S/C24H22ClN5O3S/c1-14-6-4-5-7-21(14)33-13-23(31)27-24(34)26-18-12-20-19(10-15(18)2)28-30(29-20)16-8-9-22(32-3)17(25)11-16/h4-12H,13H2,1-3H3,(H2,26,27,31,34). The van der Waals surface area contributed by atoms with Gasteiger partial charge in [0.2, 0.25) is 0 Å². The van der Waals surface area contributed by atoms with Gasteiger partial charge in [0, 0.05) is 5.69 Å². The molecule has 4 rings (SSSR count). The van der Waals surface area contributed by atoms with E-state index < -0.39 is 0 Å². The Morgan fingerprint density at radius 1 is 1.03 bits per heavy atom. The average Bonchev–Trinajstić information content (AvgIpc) is 3.21. The molecule has 0 aliphatic carbocycles. The predicted molar refractivity (Wildman–Crippen MR) is 136 cm³/mol. The molecule has 3 aromatic carbocycles. The number of thiocarbonyl (C=S) groups is 1. The number of carbonyl (C=O) groups excluding carboxylic acids is 1. The highest BCUT2D eigenvalue weighted by Crippen LogP contribution is 2.27. The van der Waals surface area contributed by atoms with Gasteiger partial charge in [0.25, 0.3) is 5.91 Å². The summed E-state index contributed by atoms with van der Waals surface area (Å²) in [6.07, 6.45) is 0. The van der Waals surface area contributed by atoms with E-state index in [4.69, 9.17) is 33.3 Å². The summed E-state index contributed by atoms with van der Waals surface area (Å²) in [7, 11) is 1.56. The van der Waals surface area contributed by atoms with Crippen LogP contribution in [0.4, 0.5) is 5.69 Å². The van der Waals surface area contributed by atoms with E-state index in [1.807, 2.05) is 56.3 Å². The third-order valence-electron chi connectivity index (χ3n) is 5.05. The Hall–Kier alpha value is -3.69. The zero-order valence-electron chi connectivity index (χ0n) is 18.8. The van der Waals surface area contributed by atoms with Gasteiger partial charge in [-0.05, 0) is 73.6 Å². The van der Waals surface area contributed by atoms with Crippen molar-refractivity contribution in [3.8, 4) is 17.2 Å². The third-order valence-corrected chi connectivity index (χ3v) is 5.55. The number of para-hydroxylation sites is 1. The molecule has 0 radical (unpaired) electrons. The molecule has 1 amide bonds.